The molecule has 0 spiro atoms. The lowest BCUT2D eigenvalue weighted by Gasteiger charge is -1.98. The molecule has 21 heavy (non-hydrogen) atoms. The summed E-state index contributed by atoms with van der Waals surface area (Å²) in [5.41, 5.74) is 2.45. The zero-order valence-corrected chi connectivity index (χ0v) is 12.2. The predicted octanol–water partition coefficient (Wildman–Crippen LogP) is 4.68. The largest absolute Gasteiger partial charge is 0.431 e. The highest BCUT2D eigenvalue weighted by atomic mass is 35.5. The van der Waals surface area contributed by atoms with Gasteiger partial charge >= 0.3 is 0 Å². The molecule has 7 heteroatoms. The van der Waals surface area contributed by atoms with Crippen LogP contribution in [-0.4, -0.2) is 9.91 Å². The highest BCUT2D eigenvalue weighted by molar-refractivity contribution is 7.98. The number of hydrogen-bond donors (Lipinski definition) is 0. The quantitative estimate of drug-likeness (QED) is 0.396. The number of halogens is 1. The van der Waals surface area contributed by atoms with E-state index in [1.165, 1.54) is 23.9 Å². The molecule has 0 aliphatic heterocycles. The summed E-state index contributed by atoms with van der Waals surface area (Å²) in [5.74, 6) is 0.624. The number of non-ortho nitro benzene ring substituents is 1. The summed E-state index contributed by atoms with van der Waals surface area (Å²) < 4.78 is 5.59. The highest BCUT2D eigenvalue weighted by Crippen LogP contribution is 2.28. The van der Waals surface area contributed by atoms with Crippen LogP contribution in [-0.2, 0) is 5.75 Å². The Labute approximate surface area is 129 Å². The van der Waals surface area contributed by atoms with Crippen molar-refractivity contribution < 1.29 is 9.34 Å². The molecule has 0 N–H and O–H groups in total. The molecule has 0 bridgehead atoms. The molecular weight excluding hydrogens is 312 g/mol. The van der Waals surface area contributed by atoms with E-state index < -0.39 is 4.92 Å². The van der Waals surface area contributed by atoms with Gasteiger partial charge in [0.2, 0.25) is 0 Å². The summed E-state index contributed by atoms with van der Waals surface area (Å²) in [6, 6.07) is 11.7. The average Bonchev–Trinajstić information content (AvgIpc) is 2.87. The molecule has 0 amide bonds. The molecule has 0 atom stereocenters. The third-order valence-electron chi connectivity index (χ3n) is 2.84. The molecule has 0 aliphatic carbocycles. The summed E-state index contributed by atoms with van der Waals surface area (Å²) in [4.78, 5) is 14.5. The van der Waals surface area contributed by atoms with Gasteiger partial charge in [-0.2, -0.15) is 0 Å². The highest BCUT2D eigenvalue weighted by Gasteiger charge is 2.08. The lowest BCUT2D eigenvalue weighted by molar-refractivity contribution is -0.384. The van der Waals surface area contributed by atoms with Gasteiger partial charge in [0, 0.05) is 22.9 Å². The molecule has 106 valence electrons. The van der Waals surface area contributed by atoms with Crippen molar-refractivity contribution in [2.75, 3.05) is 0 Å². The summed E-state index contributed by atoms with van der Waals surface area (Å²) in [5, 5.41) is 11.7. The molecule has 0 aliphatic rings. The van der Waals surface area contributed by atoms with Crippen LogP contribution >= 0.6 is 23.4 Å². The first-order valence-corrected chi connectivity index (χ1v) is 7.40. The minimum Gasteiger partial charge on any atom is -0.431 e. The summed E-state index contributed by atoms with van der Waals surface area (Å²) in [7, 11) is 0. The van der Waals surface area contributed by atoms with Crippen LogP contribution in [0.3, 0.4) is 0 Å². The number of hydrogen-bond acceptors (Lipinski definition) is 5. The van der Waals surface area contributed by atoms with Gasteiger partial charge in [0.05, 0.1) is 4.92 Å². The van der Waals surface area contributed by atoms with Gasteiger partial charge in [0.25, 0.3) is 10.9 Å². The first-order chi connectivity index (χ1) is 10.1. The van der Waals surface area contributed by atoms with Crippen LogP contribution in [0.25, 0.3) is 11.1 Å². The summed E-state index contributed by atoms with van der Waals surface area (Å²) >= 11 is 7.33. The standard InChI is InChI=1S/C14H9ClN2O3S/c15-10-3-6-13-12(7-10)16-14(20-13)21-8-9-1-4-11(5-2-9)17(18)19/h1-7H,8H2. The molecule has 0 fully saturated rings. The van der Waals surface area contributed by atoms with Crippen LogP contribution in [0.1, 0.15) is 5.56 Å². The van der Waals surface area contributed by atoms with E-state index in [1.54, 1.807) is 30.3 Å². The molecule has 0 saturated carbocycles. The maximum atomic E-state index is 10.6. The fourth-order valence-electron chi connectivity index (χ4n) is 1.80. The molecule has 0 radical (unpaired) electrons. The number of oxazole rings is 1. The molecule has 5 nitrogen and oxygen atoms in total. The van der Waals surface area contributed by atoms with Crippen molar-refractivity contribution in [2.24, 2.45) is 0 Å². The van der Waals surface area contributed by atoms with Gasteiger partial charge in [0.15, 0.2) is 5.58 Å². The van der Waals surface area contributed by atoms with E-state index in [4.69, 9.17) is 16.0 Å². The maximum absolute atomic E-state index is 10.6. The van der Waals surface area contributed by atoms with Gasteiger partial charge in [-0.15, -0.1) is 0 Å². The van der Waals surface area contributed by atoms with Crippen LogP contribution < -0.4 is 0 Å². The van der Waals surface area contributed by atoms with Crippen molar-refractivity contribution in [2.45, 2.75) is 11.0 Å². The number of nitro groups is 1. The number of nitrogens with zero attached hydrogens (tertiary/aromatic N) is 2. The molecule has 1 heterocycles. The van der Waals surface area contributed by atoms with Crippen LogP contribution in [0.5, 0.6) is 0 Å². The Bertz CT molecular complexity index is 802. The first kappa shape index (κ1) is 13.9. The summed E-state index contributed by atoms with van der Waals surface area (Å²) in [6.07, 6.45) is 0. The van der Waals surface area contributed by atoms with Gasteiger partial charge in [-0.25, -0.2) is 4.98 Å². The molecule has 2 aromatic carbocycles. The average molecular weight is 321 g/mol. The number of fused-ring (bicyclic) bond motifs is 1. The lowest BCUT2D eigenvalue weighted by atomic mass is 10.2. The maximum Gasteiger partial charge on any atom is 0.269 e. The van der Waals surface area contributed by atoms with Gasteiger partial charge in [0.1, 0.15) is 5.52 Å². The van der Waals surface area contributed by atoms with E-state index in [0.717, 1.165) is 5.56 Å². The monoisotopic (exact) mass is 320 g/mol. The smallest absolute Gasteiger partial charge is 0.269 e. The lowest BCUT2D eigenvalue weighted by Crippen LogP contribution is -1.88. The Kier molecular flexibility index (Phi) is 3.81. The van der Waals surface area contributed by atoms with E-state index in [1.807, 2.05) is 0 Å². The molecule has 3 aromatic rings. The second kappa shape index (κ2) is 5.75. The Balaban J connectivity index is 1.72. The van der Waals surface area contributed by atoms with Gasteiger partial charge in [-0.1, -0.05) is 35.5 Å². The van der Waals surface area contributed by atoms with Crippen molar-refractivity contribution in [1.82, 2.24) is 4.98 Å². The second-order valence-electron chi connectivity index (χ2n) is 4.30. The van der Waals surface area contributed by atoms with Crippen molar-refractivity contribution in [1.29, 1.82) is 0 Å². The SMILES string of the molecule is O=[N+]([O-])c1ccc(CSc2nc3cc(Cl)ccc3o2)cc1. The fraction of sp³-hybridized carbons (Fsp3) is 0.0714. The Morgan fingerprint density at radius 2 is 2.00 bits per heavy atom. The van der Waals surface area contributed by atoms with Crippen LogP contribution in [0.4, 0.5) is 5.69 Å². The van der Waals surface area contributed by atoms with Gasteiger partial charge < -0.3 is 4.42 Å². The molecule has 1 aromatic heterocycles. The van der Waals surface area contributed by atoms with E-state index in [9.17, 15) is 10.1 Å². The van der Waals surface area contributed by atoms with Crippen LogP contribution in [0.15, 0.2) is 52.1 Å². The fourth-order valence-corrected chi connectivity index (χ4v) is 2.76. The molecule has 0 saturated heterocycles. The van der Waals surface area contributed by atoms with Crippen LogP contribution in [0.2, 0.25) is 5.02 Å². The number of nitro benzene ring substituents is 1. The Morgan fingerprint density at radius 3 is 2.71 bits per heavy atom. The minimum absolute atomic E-state index is 0.0836. The second-order valence-corrected chi connectivity index (χ2v) is 5.67. The zero-order chi connectivity index (χ0) is 14.8. The van der Waals surface area contributed by atoms with Crippen molar-refractivity contribution >= 4 is 40.1 Å². The molecule has 0 unspecified atom stereocenters. The third kappa shape index (κ3) is 3.17. The van der Waals surface area contributed by atoms with Gasteiger partial charge in [-0.05, 0) is 23.8 Å². The summed E-state index contributed by atoms with van der Waals surface area (Å²) in [6.45, 7) is 0. The minimum atomic E-state index is -0.415. The first-order valence-electron chi connectivity index (χ1n) is 6.04. The number of benzene rings is 2. The molecular formula is C14H9ClN2O3S. The zero-order valence-electron chi connectivity index (χ0n) is 10.7. The normalized spacial score (nSPS) is 10.9. The third-order valence-corrected chi connectivity index (χ3v) is 3.97. The predicted molar refractivity (Wildman–Crippen MR) is 81.7 cm³/mol. The van der Waals surface area contributed by atoms with E-state index >= 15 is 0 Å². The Hall–Kier alpha value is -2.05. The van der Waals surface area contributed by atoms with Crippen molar-refractivity contribution in [3.63, 3.8) is 0 Å². The molecule has 3 rings (SSSR count). The number of thioether (sulfide) groups is 1. The Morgan fingerprint density at radius 1 is 1.24 bits per heavy atom. The van der Waals surface area contributed by atoms with Crippen molar-refractivity contribution in [3.05, 3.63) is 63.2 Å². The van der Waals surface area contributed by atoms with E-state index in [2.05, 4.69) is 4.98 Å². The van der Waals surface area contributed by atoms with E-state index in [0.29, 0.717) is 27.1 Å². The van der Waals surface area contributed by atoms with Crippen LogP contribution in [0, 0.1) is 10.1 Å². The number of rotatable bonds is 4. The van der Waals surface area contributed by atoms with E-state index in [-0.39, 0.29) is 5.69 Å². The van der Waals surface area contributed by atoms with Gasteiger partial charge in [-0.3, -0.25) is 10.1 Å². The van der Waals surface area contributed by atoms with Crippen molar-refractivity contribution in [3.8, 4) is 0 Å². The number of aromatic nitrogens is 1. The topological polar surface area (TPSA) is 69.2 Å².